The molecule has 0 bridgehead atoms. The number of carboxylic acids is 1. The molecule has 2 aromatic carbocycles. The topological polar surface area (TPSA) is 117 Å². The average Bonchev–Trinajstić information content (AvgIpc) is 2.75. The second kappa shape index (κ2) is 12.0. The van der Waals surface area contributed by atoms with Crippen molar-refractivity contribution in [2.24, 2.45) is 0 Å². The van der Waals surface area contributed by atoms with E-state index in [1.807, 2.05) is 36.4 Å². The highest BCUT2D eigenvalue weighted by Gasteiger charge is 2.31. The maximum Gasteiger partial charge on any atom is 0.408 e. The number of rotatable bonds is 10. The maximum absolute atomic E-state index is 13.0. The van der Waals surface area contributed by atoms with Gasteiger partial charge in [-0.25, -0.2) is 4.79 Å². The normalized spacial score (nSPS) is 13.9. The first kappa shape index (κ1) is 25.9. The van der Waals surface area contributed by atoms with Gasteiger partial charge in [0.1, 0.15) is 11.6 Å². The standard InChI is InChI=1S/C25H32N2O6/c1-17(32-16-19-13-9-6-10-14-19)21(27-24(31)33-25(2,3)4)22(28)26-20(23(29)30)15-18-11-7-5-8-12-18/h5-14,17,20-21H,15-16H2,1-4H3,(H,26,28)(H,27,31)(H,29,30)/p-1/t17-,20+,21+/m1/s1. The van der Waals surface area contributed by atoms with Crippen LogP contribution in [0.3, 0.4) is 0 Å². The van der Waals surface area contributed by atoms with Gasteiger partial charge in [-0.2, -0.15) is 0 Å². The van der Waals surface area contributed by atoms with E-state index in [0.717, 1.165) is 11.1 Å². The van der Waals surface area contributed by atoms with E-state index in [2.05, 4.69) is 10.6 Å². The lowest BCUT2D eigenvalue weighted by Gasteiger charge is -2.29. The minimum absolute atomic E-state index is 0.0350. The van der Waals surface area contributed by atoms with E-state index < -0.39 is 41.8 Å². The predicted molar refractivity (Wildman–Crippen MR) is 121 cm³/mol. The number of nitrogens with one attached hydrogen (secondary N) is 2. The third kappa shape index (κ3) is 9.33. The lowest BCUT2D eigenvalue weighted by molar-refractivity contribution is -0.308. The fourth-order valence-electron chi connectivity index (χ4n) is 3.03. The maximum atomic E-state index is 13.0. The van der Waals surface area contributed by atoms with Crippen molar-refractivity contribution in [3.05, 3.63) is 71.8 Å². The van der Waals surface area contributed by atoms with Crippen molar-refractivity contribution in [3.8, 4) is 0 Å². The molecule has 8 nitrogen and oxygen atoms in total. The third-order valence-electron chi connectivity index (χ3n) is 4.66. The van der Waals surface area contributed by atoms with Crippen LogP contribution in [0.1, 0.15) is 38.8 Å². The highest BCUT2D eigenvalue weighted by molar-refractivity contribution is 5.89. The van der Waals surface area contributed by atoms with Crippen LogP contribution in [0.4, 0.5) is 4.79 Å². The fourth-order valence-corrected chi connectivity index (χ4v) is 3.03. The molecule has 178 valence electrons. The summed E-state index contributed by atoms with van der Waals surface area (Å²) in [6.45, 7) is 6.92. The van der Waals surface area contributed by atoms with E-state index in [4.69, 9.17) is 9.47 Å². The van der Waals surface area contributed by atoms with Gasteiger partial charge in [-0.05, 0) is 45.2 Å². The molecule has 0 aliphatic heterocycles. The molecule has 0 radical (unpaired) electrons. The van der Waals surface area contributed by atoms with Gasteiger partial charge in [0.2, 0.25) is 5.91 Å². The number of carbonyl (C=O) groups excluding carboxylic acids is 3. The first-order chi connectivity index (χ1) is 15.5. The number of amides is 2. The first-order valence-corrected chi connectivity index (χ1v) is 10.8. The largest absolute Gasteiger partial charge is 0.548 e. The number of aliphatic carboxylic acids is 1. The molecule has 0 saturated heterocycles. The van der Waals surface area contributed by atoms with Crippen molar-refractivity contribution in [2.75, 3.05) is 0 Å². The lowest BCUT2D eigenvalue weighted by Crippen LogP contribution is -2.58. The number of hydrogen-bond donors (Lipinski definition) is 2. The summed E-state index contributed by atoms with van der Waals surface area (Å²) in [5, 5.41) is 16.7. The van der Waals surface area contributed by atoms with Crippen LogP contribution in [-0.4, -0.2) is 41.8 Å². The Balaban J connectivity index is 2.13. The number of alkyl carbamates (subject to hydrolysis) is 1. The summed E-state index contributed by atoms with van der Waals surface area (Å²) in [4.78, 5) is 37.1. The second-order valence-electron chi connectivity index (χ2n) is 8.70. The zero-order valence-corrected chi connectivity index (χ0v) is 19.4. The Morgan fingerprint density at radius 2 is 1.45 bits per heavy atom. The van der Waals surface area contributed by atoms with Gasteiger partial charge in [0.25, 0.3) is 0 Å². The summed E-state index contributed by atoms with van der Waals surface area (Å²) in [6.07, 6.45) is -1.56. The highest BCUT2D eigenvalue weighted by Crippen LogP contribution is 2.11. The molecule has 2 aromatic rings. The van der Waals surface area contributed by atoms with E-state index in [0.29, 0.717) is 0 Å². The highest BCUT2D eigenvalue weighted by atomic mass is 16.6. The van der Waals surface area contributed by atoms with Crippen molar-refractivity contribution in [1.82, 2.24) is 10.6 Å². The molecule has 2 N–H and O–H groups in total. The quantitative estimate of drug-likeness (QED) is 0.566. The van der Waals surface area contributed by atoms with Crippen LogP contribution in [0.15, 0.2) is 60.7 Å². The number of hydrogen-bond acceptors (Lipinski definition) is 6. The monoisotopic (exact) mass is 455 g/mol. The third-order valence-corrected chi connectivity index (χ3v) is 4.66. The van der Waals surface area contributed by atoms with Crippen molar-refractivity contribution in [3.63, 3.8) is 0 Å². The van der Waals surface area contributed by atoms with Gasteiger partial charge in [-0.3, -0.25) is 4.79 Å². The van der Waals surface area contributed by atoms with E-state index in [9.17, 15) is 19.5 Å². The van der Waals surface area contributed by atoms with Gasteiger partial charge in [-0.1, -0.05) is 60.7 Å². The minimum atomic E-state index is -1.43. The Kier molecular flexibility index (Phi) is 9.42. The Morgan fingerprint density at radius 3 is 1.97 bits per heavy atom. The zero-order valence-electron chi connectivity index (χ0n) is 19.4. The molecule has 0 fully saturated rings. The molecule has 0 heterocycles. The van der Waals surface area contributed by atoms with Gasteiger partial charge in [0.05, 0.1) is 24.7 Å². The summed E-state index contributed by atoms with van der Waals surface area (Å²) in [5.74, 6) is -2.15. The van der Waals surface area contributed by atoms with Gasteiger partial charge >= 0.3 is 6.09 Å². The van der Waals surface area contributed by atoms with Gasteiger partial charge in [0.15, 0.2) is 0 Å². The number of ether oxygens (including phenoxy) is 2. The molecule has 0 aliphatic carbocycles. The van der Waals surface area contributed by atoms with Crippen LogP contribution in [0, 0.1) is 0 Å². The van der Waals surface area contributed by atoms with Crippen LogP contribution < -0.4 is 15.7 Å². The molecule has 2 amide bonds. The Labute approximate surface area is 194 Å². The van der Waals surface area contributed by atoms with Crippen LogP contribution in [0.2, 0.25) is 0 Å². The van der Waals surface area contributed by atoms with Gasteiger partial charge in [-0.15, -0.1) is 0 Å². The Bertz CT molecular complexity index is 911. The van der Waals surface area contributed by atoms with Crippen LogP contribution in [-0.2, 0) is 32.1 Å². The lowest BCUT2D eigenvalue weighted by atomic mass is 10.0. The summed E-state index contributed by atoms with van der Waals surface area (Å²) in [5.41, 5.74) is 0.828. The van der Waals surface area contributed by atoms with Crippen molar-refractivity contribution >= 4 is 18.0 Å². The van der Waals surface area contributed by atoms with Gasteiger partial charge in [0, 0.05) is 0 Å². The number of benzene rings is 2. The smallest absolute Gasteiger partial charge is 0.408 e. The van der Waals surface area contributed by atoms with E-state index in [1.165, 1.54) is 0 Å². The molecule has 0 spiro atoms. The van der Waals surface area contributed by atoms with E-state index >= 15 is 0 Å². The van der Waals surface area contributed by atoms with Gasteiger partial charge < -0.3 is 30.0 Å². The summed E-state index contributed by atoms with van der Waals surface area (Å²) in [7, 11) is 0. The molecule has 0 aliphatic rings. The summed E-state index contributed by atoms with van der Waals surface area (Å²) < 4.78 is 11.1. The average molecular weight is 456 g/mol. The molecule has 0 unspecified atom stereocenters. The zero-order chi connectivity index (χ0) is 24.4. The molecule has 3 atom stereocenters. The van der Waals surface area contributed by atoms with Crippen LogP contribution in [0.25, 0.3) is 0 Å². The SMILES string of the molecule is C[C@@H](OCc1ccccc1)[C@H](NC(=O)OC(C)(C)C)C(=O)N[C@@H](Cc1ccccc1)C(=O)[O-]. The number of carboxylic acid groups (broad SMARTS) is 1. The second-order valence-corrected chi connectivity index (χ2v) is 8.70. The van der Waals surface area contributed by atoms with Crippen LogP contribution in [0.5, 0.6) is 0 Å². The van der Waals surface area contributed by atoms with Crippen molar-refractivity contribution in [2.45, 2.75) is 64.5 Å². The fraction of sp³-hybridized carbons (Fsp3) is 0.400. The Hall–Kier alpha value is -3.39. The Morgan fingerprint density at radius 1 is 0.909 bits per heavy atom. The molecule has 8 heteroatoms. The first-order valence-electron chi connectivity index (χ1n) is 10.8. The van der Waals surface area contributed by atoms with E-state index in [1.54, 1.807) is 52.0 Å². The minimum Gasteiger partial charge on any atom is -0.548 e. The molecule has 33 heavy (non-hydrogen) atoms. The van der Waals surface area contributed by atoms with E-state index in [-0.39, 0.29) is 13.0 Å². The molecule has 0 aromatic heterocycles. The van der Waals surface area contributed by atoms with Crippen molar-refractivity contribution < 1.29 is 29.0 Å². The summed E-state index contributed by atoms with van der Waals surface area (Å²) in [6, 6.07) is 15.7. The molecular formula is C25H31N2O6-. The summed E-state index contributed by atoms with van der Waals surface area (Å²) >= 11 is 0. The molecule has 2 rings (SSSR count). The van der Waals surface area contributed by atoms with Crippen LogP contribution >= 0.6 is 0 Å². The molecular weight excluding hydrogens is 424 g/mol. The molecule has 0 saturated carbocycles. The number of carbonyl (C=O) groups is 3. The predicted octanol–water partition coefficient (Wildman–Crippen LogP) is 1.96. The van der Waals surface area contributed by atoms with Crippen molar-refractivity contribution in [1.29, 1.82) is 0 Å².